The van der Waals surface area contributed by atoms with E-state index >= 15 is 0 Å². The van der Waals surface area contributed by atoms with E-state index in [1.54, 1.807) is 0 Å². The van der Waals surface area contributed by atoms with Crippen LogP contribution in [0, 0.1) is 5.92 Å². The number of quaternary nitrogens is 1. The first-order valence-electron chi connectivity index (χ1n) is 8.21. The first-order valence-corrected chi connectivity index (χ1v) is 8.21. The van der Waals surface area contributed by atoms with Gasteiger partial charge in [-0.2, -0.15) is 0 Å². The predicted octanol–water partition coefficient (Wildman–Crippen LogP) is 3.35. The molecule has 3 fully saturated rings. The molecule has 0 N–H and O–H groups in total. The fourth-order valence-electron chi connectivity index (χ4n) is 5.52. The summed E-state index contributed by atoms with van der Waals surface area (Å²) in [6, 6.07) is 1.57. The zero-order valence-electron chi connectivity index (χ0n) is 12.4. The molecule has 0 radical (unpaired) electrons. The second-order valence-electron chi connectivity index (χ2n) is 6.99. The molecule has 2 heterocycles. The summed E-state index contributed by atoms with van der Waals surface area (Å²) in [6.45, 7) is 6.08. The van der Waals surface area contributed by atoms with Gasteiger partial charge >= 0.3 is 0 Å². The Hall–Kier alpha value is -0.0800. The summed E-state index contributed by atoms with van der Waals surface area (Å²) in [5, 5.41) is 0. The molecule has 1 saturated carbocycles. The molecule has 0 bridgehead atoms. The van der Waals surface area contributed by atoms with Crippen LogP contribution in [0.5, 0.6) is 0 Å². The number of hydrogen-bond donors (Lipinski definition) is 0. The third-order valence-corrected chi connectivity index (χ3v) is 6.18. The molecular weight excluding hydrogens is 222 g/mol. The summed E-state index contributed by atoms with van der Waals surface area (Å²) in [5.74, 6) is 0.953. The Kier molecular flexibility index (Phi) is 3.44. The van der Waals surface area contributed by atoms with Crippen LogP contribution in [-0.2, 0) is 4.74 Å². The molecule has 0 amide bonds. The lowest BCUT2D eigenvalue weighted by atomic mass is 9.72. The van der Waals surface area contributed by atoms with Crippen LogP contribution in [0.1, 0.15) is 58.8 Å². The quantitative estimate of drug-likeness (QED) is 0.685. The van der Waals surface area contributed by atoms with Crippen molar-refractivity contribution in [2.45, 2.75) is 83.1 Å². The number of morpholine rings is 1. The van der Waals surface area contributed by atoms with E-state index in [4.69, 9.17) is 4.74 Å². The van der Waals surface area contributed by atoms with Gasteiger partial charge in [0, 0.05) is 5.92 Å². The summed E-state index contributed by atoms with van der Waals surface area (Å²) in [6.07, 6.45) is 10.7. The van der Waals surface area contributed by atoms with Gasteiger partial charge in [-0.3, -0.25) is 0 Å². The van der Waals surface area contributed by atoms with Crippen molar-refractivity contribution >= 4 is 0 Å². The van der Waals surface area contributed by atoms with Crippen LogP contribution in [-0.4, -0.2) is 42.4 Å². The van der Waals surface area contributed by atoms with Crippen LogP contribution >= 0.6 is 0 Å². The Balaban J connectivity index is 1.94. The fourth-order valence-corrected chi connectivity index (χ4v) is 5.52. The highest BCUT2D eigenvalue weighted by Crippen LogP contribution is 2.46. The highest BCUT2D eigenvalue weighted by atomic mass is 16.5. The van der Waals surface area contributed by atoms with Crippen LogP contribution in [0.3, 0.4) is 0 Å². The number of likely N-dealkylation sites (N-methyl/N-ethyl adjacent to an activating group) is 1. The molecule has 2 saturated heterocycles. The van der Waals surface area contributed by atoms with E-state index in [0.29, 0.717) is 12.2 Å². The van der Waals surface area contributed by atoms with Gasteiger partial charge in [0.25, 0.3) is 0 Å². The normalized spacial score (nSPS) is 51.8. The fraction of sp³-hybridized carbons (Fsp3) is 1.00. The summed E-state index contributed by atoms with van der Waals surface area (Å²) in [5.41, 5.74) is 0. The minimum absolute atomic E-state index is 0.512. The molecule has 104 valence electrons. The SMILES string of the molecule is CCC1OC2CCCC3CCC[N+](C)(C1CC)C32. The number of ether oxygens (including phenoxy) is 1. The second-order valence-corrected chi connectivity index (χ2v) is 6.99. The van der Waals surface area contributed by atoms with Gasteiger partial charge in [-0.05, 0) is 38.5 Å². The second kappa shape index (κ2) is 4.79. The molecule has 2 aliphatic heterocycles. The smallest absolute Gasteiger partial charge is 0.118 e. The number of rotatable bonds is 2. The first kappa shape index (κ1) is 12.9. The molecule has 18 heavy (non-hydrogen) atoms. The summed E-state index contributed by atoms with van der Waals surface area (Å²) < 4.78 is 7.87. The summed E-state index contributed by atoms with van der Waals surface area (Å²) in [4.78, 5) is 0. The van der Waals surface area contributed by atoms with Crippen molar-refractivity contribution in [3.63, 3.8) is 0 Å². The Morgan fingerprint density at radius 1 is 1.06 bits per heavy atom. The highest BCUT2D eigenvalue weighted by molar-refractivity contribution is 4.93. The average molecular weight is 252 g/mol. The van der Waals surface area contributed by atoms with Crippen LogP contribution in [0.25, 0.3) is 0 Å². The van der Waals surface area contributed by atoms with Crippen molar-refractivity contribution < 1.29 is 9.22 Å². The molecular formula is C16H30NO+. The number of nitrogens with zero attached hydrogens (tertiary/aromatic N) is 1. The largest absolute Gasteiger partial charge is 0.363 e. The third-order valence-electron chi connectivity index (χ3n) is 6.18. The molecule has 6 atom stereocenters. The van der Waals surface area contributed by atoms with Crippen molar-refractivity contribution in [1.82, 2.24) is 0 Å². The zero-order valence-corrected chi connectivity index (χ0v) is 12.4. The van der Waals surface area contributed by atoms with Crippen molar-refractivity contribution in [3.8, 4) is 0 Å². The Morgan fingerprint density at radius 2 is 1.83 bits per heavy atom. The molecule has 1 aliphatic carbocycles. The van der Waals surface area contributed by atoms with Crippen molar-refractivity contribution in [2.24, 2.45) is 5.92 Å². The van der Waals surface area contributed by atoms with Gasteiger partial charge in [-0.1, -0.05) is 20.3 Å². The minimum Gasteiger partial charge on any atom is -0.363 e. The summed E-state index contributed by atoms with van der Waals surface area (Å²) >= 11 is 0. The van der Waals surface area contributed by atoms with Crippen molar-refractivity contribution in [2.75, 3.05) is 13.6 Å². The van der Waals surface area contributed by atoms with Gasteiger partial charge in [-0.15, -0.1) is 0 Å². The van der Waals surface area contributed by atoms with Gasteiger partial charge in [-0.25, -0.2) is 0 Å². The third kappa shape index (κ3) is 1.76. The van der Waals surface area contributed by atoms with Gasteiger partial charge in [0.15, 0.2) is 0 Å². The number of hydrogen-bond acceptors (Lipinski definition) is 1. The van der Waals surface area contributed by atoms with Crippen molar-refractivity contribution in [3.05, 3.63) is 0 Å². The van der Waals surface area contributed by atoms with Crippen LogP contribution < -0.4 is 0 Å². The topological polar surface area (TPSA) is 9.23 Å². The van der Waals surface area contributed by atoms with E-state index in [9.17, 15) is 0 Å². The van der Waals surface area contributed by atoms with E-state index in [-0.39, 0.29) is 0 Å². The van der Waals surface area contributed by atoms with E-state index in [1.165, 1.54) is 56.0 Å². The predicted molar refractivity (Wildman–Crippen MR) is 74.4 cm³/mol. The van der Waals surface area contributed by atoms with E-state index in [0.717, 1.165) is 18.0 Å². The maximum absolute atomic E-state index is 6.53. The molecule has 0 aromatic heterocycles. The maximum Gasteiger partial charge on any atom is 0.118 e. The van der Waals surface area contributed by atoms with Gasteiger partial charge in [0.2, 0.25) is 0 Å². The van der Waals surface area contributed by atoms with Gasteiger partial charge in [0.1, 0.15) is 24.3 Å². The molecule has 6 unspecified atom stereocenters. The number of piperidine rings is 1. The zero-order chi connectivity index (χ0) is 12.8. The Labute approximate surface area is 112 Å². The molecule has 0 aromatic rings. The molecule has 2 nitrogen and oxygen atoms in total. The Morgan fingerprint density at radius 3 is 2.56 bits per heavy atom. The molecule has 3 aliphatic rings. The standard InChI is InChI=1S/C16H30NO/c1-4-13-14(5-2)18-15-10-6-8-12-9-7-11-17(13,3)16(12)15/h12-16H,4-11H2,1-3H3/q+1. The van der Waals surface area contributed by atoms with E-state index < -0.39 is 0 Å². The lowest BCUT2D eigenvalue weighted by Crippen LogP contribution is -2.74. The van der Waals surface area contributed by atoms with Gasteiger partial charge < -0.3 is 9.22 Å². The molecule has 3 rings (SSSR count). The minimum atomic E-state index is 0.512. The van der Waals surface area contributed by atoms with E-state index in [2.05, 4.69) is 20.9 Å². The monoisotopic (exact) mass is 252 g/mol. The lowest BCUT2D eigenvalue weighted by molar-refractivity contribution is -0.981. The Bertz CT molecular complexity index is 303. The molecule has 2 heteroatoms. The molecule has 0 aromatic carbocycles. The van der Waals surface area contributed by atoms with E-state index in [1.807, 2.05) is 0 Å². The van der Waals surface area contributed by atoms with Gasteiger partial charge in [0.05, 0.1) is 13.6 Å². The summed E-state index contributed by atoms with van der Waals surface area (Å²) in [7, 11) is 2.55. The average Bonchev–Trinajstić information content (AvgIpc) is 2.38. The van der Waals surface area contributed by atoms with Crippen LogP contribution in [0.2, 0.25) is 0 Å². The van der Waals surface area contributed by atoms with Crippen LogP contribution in [0.4, 0.5) is 0 Å². The maximum atomic E-state index is 6.53. The highest BCUT2D eigenvalue weighted by Gasteiger charge is 2.57. The first-order chi connectivity index (χ1) is 8.70. The van der Waals surface area contributed by atoms with Crippen molar-refractivity contribution in [1.29, 1.82) is 0 Å². The molecule has 0 spiro atoms. The lowest BCUT2D eigenvalue weighted by Gasteiger charge is -2.61. The van der Waals surface area contributed by atoms with Crippen LogP contribution in [0.15, 0.2) is 0 Å².